The third-order valence-corrected chi connectivity index (χ3v) is 4.90. The average molecular weight is 377 g/mol. The lowest BCUT2D eigenvalue weighted by molar-refractivity contribution is -0.128. The van der Waals surface area contributed by atoms with Crippen molar-refractivity contribution < 1.29 is 9.59 Å². The standard InChI is InChI=1S/C17H21ClN6O2/c1-19-15(25)17(7-3-2-4-8-17)23-16(26)22-12-5-6-14(13(18)9-12)24-11-20-10-21-24/h5-6,9-11H,2-4,7-8H2,1H3,(H,19,25)(H2,22,23,26). The summed E-state index contributed by atoms with van der Waals surface area (Å²) in [6.45, 7) is 0. The minimum absolute atomic E-state index is 0.160. The van der Waals surface area contributed by atoms with E-state index in [0.717, 1.165) is 19.3 Å². The van der Waals surface area contributed by atoms with Gasteiger partial charge < -0.3 is 16.0 Å². The predicted octanol–water partition coefficient (Wildman–Crippen LogP) is 2.49. The Bertz CT molecular complexity index is 787. The highest BCUT2D eigenvalue weighted by Crippen LogP contribution is 2.29. The monoisotopic (exact) mass is 376 g/mol. The third-order valence-electron chi connectivity index (χ3n) is 4.59. The Morgan fingerprint density at radius 2 is 2.00 bits per heavy atom. The van der Waals surface area contributed by atoms with Gasteiger partial charge in [-0.3, -0.25) is 4.79 Å². The van der Waals surface area contributed by atoms with E-state index in [2.05, 4.69) is 26.0 Å². The number of urea groups is 1. The number of carbonyl (C=O) groups is 2. The Kier molecular flexibility index (Phi) is 5.41. The van der Waals surface area contributed by atoms with Gasteiger partial charge in [0.1, 0.15) is 18.2 Å². The molecule has 8 nitrogen and oxygen atoms in total. The minimum atomic E-state index is -0.860. The van der Waals surface area contributed by atoms with Gasteiger partial charge in [0.05, 0.1) is 10.7 Å². The third kappa shape index (κ3) is 3.80. The van der Waals surface area contributed by atoms with Crippen LogP contribution in [0.1, 0.15) is 32.1 Å². The summed E-state index contributed by atoms with van der Waals surface area (Å²) in [6, 6.07) is 4.66. The largest absolute Gasteiger partial charge is 0.357 e. The molecule has 1 aromatic heterocycles. The Morgan fingerprint density at radius 1 is 1.23 bits per heavy atom. The van der Waals surface area contributed by atoms with E-state index in [9.17, 15) is 9.59 Å². The lowest BCUT2D eigenvalue weighted by atomic mass is 9.81. The SMILES string of the molecule is CNC(=O)C1(NC(=O)Nc2ccc(-n3cncn3)c(Cl)c2)CCCCC1. The average Bonchev–Trinajstić information content (AvgIpc) is 3.16. The molecule has 1 saturated carbocycles. The molecule has 1 heterocycles. The van der Waals surface area contributed by atoms with Crippen molar-refractivity contribution in [2.24, 2.45) is 0 Å². The van der Waals surface area contributed by atoms with E-state index in [4.69, 9.17) is 11.6 Å². The van der Waals surface area contributed by atoms with Crippen LogP contribution >= 0.6 is 11.6 Å². The summed E-state index contributed by atoms with van der Waals surface area (Å²) >= 11 is 6.27. The second kappa shape index (κ2) is 7.74. The van der Waals surface area contributed by atoms with Crippen LogP contribution in [0.15, 0.2) is 30.9 Å². The van der Waals surface area contributed by atoms with Crippen LogP contribution < -0.4 is 16.0 Å². The summed E-state index contributed by atoms with van der Waals surface area (Å²) in [5, 5.41) is 12.7. The Morgan fingerprint density at radius 3 is 2.62 bits per heavy atom. The van der Waals surface area contributed by atoms with E-state index in [1.54, 1.807) is 25.2 Å². The summed E-state index contributed by atoms with van der Waals surface area (Å²) < 4.78 is 1.54. The quantitative estimate of drug-likeness (QED) is 0.763. The van der Waals surface area contributed by atoms with E-state index in [1.807, 2.05) is 0 Å². The molecule has 1 aliphatic carbocycles. The van der Waals surface area contributed by atoms with Crippen LogP contribution in [0.5, 0.6) is 0 Å². The van der Waals surface area contributed by atoms with Crippen molar-refractivity contribution in [1.82, 2.24) is 25.4 Å². The first-order valence-corrected chi connectivity index (χ1v) is 8.88. The number of nitrogens with zero attached hydrogens (tertiary/aromatic N) is 3. The first kappa shape index (κ1) is 18.2. The molecule has 0 saturated heterocycles. The topological polar surface area (TPSA) is 101 Å². The number of carbonyl (C=O) groups excluding carboxylic acids is 2. The van der Waals surface area contributed by atoms with Crippen LogP contribution in [-0.2, 0) is 4.79 Å². The van der Waals surface area contributed by atoms with Gasteiger partial charge in [0.15, 0.2) is 0 Å². The Balaban J connectivity index is 1.71. The molecule has 3 amide bonds. The molecule has 138 valence electrons. The molecule has 0 radical (unpaired) electrons. The fourth-order valence-corrected chi connectivity index (χ4v) is 3.55. The molecule has 1 aliphatic rings. The number of nitrogens with one attached hydrogen (secondary N) is 3. The summed E-state index contributed by atoms with van der Waals surface area (Å²) in [6.07, 6.45) is 7.10. The van der Waals surface area contributed by atoms with E-state index in [-0.39, 0.29) is 5.91 Å². The van der Waals surface area contributed by atoms with Gasteiger partial charge >= 0.3 is 6.03 Å². The van der Waals surface area contributed by atoms with Gasteiger partial charge in [-0.1, -0.05) is 30.9 Å². The predicted molar refractivity (Wildman–Crippen MR) is 98.4 cm³/mol. The van der Waals surface area contributed by atoms with Crippen LogP contribution in [0.3, 0.4) is 0 Å². The first-order chi connectivity index (χ1) is 12.5. The van der Waals surface area contributed by atoms with Gasteiger partial charge in [0.25, 0.3) is 0 Å². The molecule has 0 bridgehead atoms. The number of benzene rings is 1. The highest BCUT2D eigenvalue weighted by atomic mass is 35.5. The zero-order chi connectivity index (χ0) is 18.6. The molecule has 9 heteroatoms. The van der Waals surface area contributed by atoms with Crippen LogP contribution in [0, 0.1) is 0 Å². The number of aromatic nitrogens is 3. The molecule has 0 spiro atoms. The van der Waals surface area contributed by atoms with Gasteiger partial charge in [-0.15, -0.1) is 0 Å². The maximum Gasteiger partial charge on any atom is 0.320 e. The number of hydrogen-bond donors (Lipinski definition) is 3. The van der Waals surface area contributed by atoms with Crippen molar-refractivity contribution in [2.75, 3.05) is 12.4 Å². The smallest absolute Gasteiger partial charge is 0.320 e. The molecule has 0 unspecified atom stereocenters. The second-order valence-electron chi connectivity index (χ2n) is 6.31. The fourth-order valence-electron chi connectivity index (χ4n) is 3.29. The van der Waals surface area contributed by atoms with Gasteiger partial charge in [0, 0.05) is 12.7 Å². The Hall–Kier alpha value is -2.61. The van der Waals surface area contributed by atoms with Gasteiger partial charge in [-0.2, -0.15) is 5.10 Å². The number of anilines is 1. The zero-order valence-electron chi connectivity index (χ0n) is 14.5. The molecular weight excluding hydrogens is 356 g/mol. The van der Waals surface area contributed by atoms with Crippen molar-refractivity contribution in [3.63, 3.8) is 0 Å². The van der Waals surface area contributed by atoms with Crippen molar-refractivity contribution in [3.05, 3.63) is 35.9 Å². The number of rotatable bonds is 4. The van der Waals surface area contributed by atoms with Crippen LogP contribution in [-0.4, -0.2) is 39.3 Å². The Labute approximate surface area is 156 Å². The number of amides is 3. The maximum absolute atomic E-state index is 12.5. The summed E-state index contributed by atoms with van der Waals surface area (Å²) in [5.41, 5.74) is 0.324. The minimum Gasteiger partial charge on any atom is -0.357 e. The lowest BCUT2D eigenvalue weighted by Crippen LogP contribution is -2.60. The van der Waals surface area contributed by atoms with Gasteiger partial charge in [0.2, 0.25) is 5.91 Å². The molecule has 1 fully saturated rings. The zero-order valence-corrected chi connectivity index (χ0v) is 15.2. The van der Waals surface area contributed by atoms with Crippen molar-refractivity contribution >= 4 is 29.2 Å². The van der Waals surface area contributed by atoms with Crippen LogP contribution in [0.25, 0.3) is 5.69 Å². The van der Waals surface area contributed by atoms with E-state index < -0.39 is 11.6 Å². The van der Waals surface area contributed by atoms with Crippen molar-refractivity contribution in [1.29, 1.82) is 0 Å². The summed E-state index contributed by atoms with van der Waals surface area (Å²) in [5.74, 6) is -0.160. The van der Waals surface area contributed by atoms with E-state index >= 15 is 0 Å². The van der Waals surface area contributed by atoms with Gasteiger partial charge in [-0.05, 0) is 31.0 Å². The van der Waals surface area contributed by atoms with Crippen molar-refractivity contribution in [3.8, 4) is 5.69 Å². The molecule has 3 N–H and O–H groups in total. The first-order valence-electron chi connectivity index (χ1n) is 8.50. The second-order valence-corrected chi connectivity index (χ2v) is 6.71. The molecular formula is C17H21ClN6O2. The van der Waals surface area contributed by atoms with Gasteiger partial charge in [-0.25, -0.2) is 14.5 Å². The highest BCUT2D eigenvalue weighted by Gasteiger charge is 2.40. The number of halogens is 1. The normalized spacial score (nSPS) is 15.9. The molecule has 0 aliphatic heterocycles. The van der Waals surface area contributed by atoms with E-state index in [0.29, 0.717) is 29.2 Å². The highest BCUT2D eigenvalue weighted by molar-refractivity contribution is 6.32. The summed E-state index contributed by atoms with van der Waals surface area (Å²) in [7, 11) is 1.58. The molecule has 2 aromatic rings. The lowest BCUT2D eigenvalue weighted by Gasteiger charge is -2.36. The van der Waals surface area contributed by atoms with E-state index in [1.165, 1.54) is 17.3 Å². The number of likely N-dealkylation sites (N-methyl/N-ethyl adjacent to an activating group) is 1. The van der Waals surface area contributed by atoms with Crippen LogP contribution in [0.2, 0.25) is 5.02 Å². The van der Waals surface area contributed by atoms with Crippen LogP contribution in [0.4, 0.5) is 10.5 Å². The fraction of sp³-hybridized carbons (Fsp3) is 0.412. The summed E-state index contributed by atoms with van der Waals surface area (Å²) in [4.78, 5) is 28.7. The maximum atomic E-state index is 12.5. The molecule has 1 aromatic carbocycles. The molecule has 3 rings (SSSR count). The number of hydrogen-bond acceptors (Lipinski definition) is 4. The molecule has 26 heavy (non-hydrogen) atoms. The van der Waals surface area contributed by atoms with Crippen molar-refractivity contribution in [2.45, 2.75) is 37.6 Å². The molecule has 0 atom stereocenters.